The number of nitrogens with one attached hydrogen (secondary N) is 1. The zero-order valence-electron chi connectivity index (χ0n) is 7.91. The van der Waals surface area contributed by atoms with E-state index in [2.05, 4.69) is 42.2 Å². The Kier molecular flexibility index (Phi) is 3.73. The number of carbonyl (C=O) groups excluding carboxylic acids is 1. The minimum absolute atomic E-state index is 0.165. The number of nitrogens with zero attached hydrogens (tertiary/aromatic N) is 1. The van der Waals surface area contributed by atoms with Crippen molar-refractivity contribution in [2.45, 2.75) is 0 Å². The SMILES string of the molecule is O=C(Nc1ncccc1Br)c1csc(Br)c1. The van der Waals surface area contributed by atoms with E-state index in [0.717, 1.165) is 8.26 Å². The van der Waals surface area contributed by atoms with Crippen molar-refractivity contribution in [1.29, 1.82) is 0 Å². The van der Waals surface area contributed by atoms with Gasteiger partial charge in [-0.15, -0.1) is 11.3 Å². The molecule has 2 heterocycles. The lowest BCUT2D eigenvalue weighted by atomic mass is 10.3. The molecule has 2 aromatic rings. The molecule has 6 heteroatoms. The molecular weight excluding hydrogens is 356 g/mol. The van der Waals surface area contributed by atoms with Crippen LogP contribution in [0.15, 0.2) is 38.0 Å². The summed E-state index contributed by atoms with van der Waals surface area (Å²) >= 11 is 8.10. The Labute approximate surface area is 113 Å². The second kappa shape index (κ2) is 5.07. The first-order chi connectivity index (χ1) is 7.66. The van der Waals surface area contributed by atoms with Gasteiger partial charge >= 0.3 is 0 Å². The Bertz CT molecular complexity index is 527. The number of hydrogen-bond donors (Lipinski definition) is 1. The highest BCUT2D eigenvalue weighted by atomic mass is 79.9. The first-order valence-corrected chi connectivity index (χ1v) is 6.79. The van der Waals surface area contributed by atoms with Gasteiger partial charge in [-0.05, 0) is 50.1 Å². The third kappa shape index (κ3) is 2.69. The van der Waals surface area contributed by atoms with E-state index in [4.69, 9.17) is 0 Å². The van der Waals surface area contributed by atoms with Gasteiger partial charge in [0.2, 0.25) is 0 Å². The fourth-order valence-electron chi connectivity index (χ4n) is 1.09. The predicted molar refractivity (Wildman–Crippen MR) is 71.9 cm³/mol. The molecule has 0 unspecified atom stereocenters. The lowest BCUT2D eigenvalue weighted by molar-refractivity contribution is 0.102. The minimum Gasteiger partial charge on any atom is -0.306 e. The molecule has 2 aromatic heterocycles. The first kappa shape index (κ1) is 11.8. The van der Waals surface area contributed by atoms with Gasteiger partial charge in [-0.2, -0.15) is 0 Å². The van der Waals surface area contributed by atoms with Crippen molar-refractivity contribution in [3.63, 3.8) is 0 Å². The van der Waals surface area contributed by atoms with Crippen molar-refractivity contribution in [3.8, 4) is 0 Å². The number of pyridine rings is 1. The highest BCUT2D eigenvalue weighted by molar-refractivity contribution is 9.11. The van der Waals surface area contributed by atoms with Crippen molar-refractivity contribution < 1.29 is 4.79 Å². The Morgan fingerprint density at radius 2 is 2.25 bits per heavy atom. The van der Waals surface area contributed by atoms with Crippen molar-refractivity contribution >= 4 is 54.9 Å². The van der Waals surface area contributed by atoms with Crippen LogP contribution in [0, 0.1) is 0 Å². The van der Waals surface area contributed by atoms with E-state index in [1.54, 1.807) is 23.7 Å². The van der Waals surface area contributed by atoms with Crippen molar-refractivity contribution in [2.75, 3.05) is 5.32 Å². The van der Waals surface area contributed by atoms with Gasteiger partial charge in [-0.1, -0.05) is 0 Å². The number of hydrogen-bond acceptors (Lipinski definition) is 3. The van der Waals surface area contributed by atoms with Crippen LogP contribution in [0.1, 0.15) is 10.4 Å². The van der Waals surface area contributed by atoms with Crippen LogP contribution in [-0.4, -0.2) is 10.9 Å². The quantitative estimate of drug-likeness (QED) is 0.880. The van der Waals surface area contributed by atoms with E-state index in [1.165, 1.54) is 11.3 Å². The van der Waals surface area contributed by atoms with E-state index < -0.39 is 0 Å². The van der Waals surface area contributed by atoms with Crippen molar-refractivity contribution in [2.24, 2.45) is 0 Å². The molecule has 0 aromatic carbocycles. The van der Waals surface area contributed by atoms with Crippen LogP contribution < -0.4 is 5.32 Å². The lowest BCUT2D eigenvalue weighted by Crippen LogP contribution is -2.12. The Hall–Kier alpha value is -0.720. The molecule has 0 fully saturated rings. The standard InChI is InChI=1S/C10H6Br2N2OS/c11-7-2-1-3-13-9(7)14-10(15)6-4-8(12)16-5-6/h1-5H,(H,13,14,15). The number of halogens is 2. The van der Waals surface area contributed by atoms with E-state index in [0.29, 0.717) is 11.4 Å². The predicted octanol–water partition coefficient (Wildman–Crippen LogP) is 3.92. The normalized spacial score (nSPS) is 10.1. The van der Waals surface area contributed by atoms with Crippen molar-refractivity contribution in [3.05, 3.63) is 43.6 Å². The summed E-state index contributed by atoms with van der Waals surface area (Å²) in [6.07, 6.45) is 1.63. The second-order valence-corrected chi connectivity index (χ2v) is 6.07. The molecule has 0 aliphatic rings. The van der Waals surface area contributed by atoms with Crippen LogP contribution in [0.3, 0.4) is 0 Å². The molecule has 0 saturated heterocycles. The average molecular weight is 362 g/mol. The second-order valence-electron chi connectivity index (χ2n) is 2.93. The summed E-state index contributed by atoms with van der Waals surface area (Å²) in [6, 6.07) is 5.39. The van der Waals surface area contributed by atoms with E-state index in [-0.39, 0.29) is 5.91 Å². The van der Waals surface area contributed by atoms with Crippen LogP contribution in [0.4, 0.5) is 5.82 Å². The summed E-state index contributed by atoms with van der Waals surface area (Å²) in [5, 5.41) is 4.52. The van der Waals surface area contributed by atoms with Gasteiger partial charge < -0.3 is 5.32 Å². The molecule has 0 aliphatic carbocycles. The molecule has 16 heavy (non-hydrogen) atoms. The molecule has 0 radical (unpaired) electrons. The van der Waals surface area contributed by atoms with Crippen LogP contribution in [0.2, 0.25) is 0 Å². The molecular formula is C10H6Br2N2OS. The molecule has 0 spiro atoms. The molecule has 3 nitrogen and oxygen atoms in total. The Balaban J connectivity index is 2.17. The molecule has 82 valence electrons. The molecule has 0 aliphatic heterocycles. The zero-order chi connectivity index (χ0) is 11.5. The van der Waals surface area contributed by atoms with Gasteiger partial charge in [0.15, 0.2) is 0 Å². The summed E-state index contributed by atoms with van der Waals surface area (Å²) in [4.78, 5) is 15.9. The third-order valence-electron chi connectivity index (χ3n) is 1.82. The number of rotatable bonds is 2. The maximum absolute atomic E-state index is 11.8. The molecule has 0 atom stereocenters. The van der Waals surface area contributed by atoms with E-state index >= 15 is 0 Å². The number of amides is 1. The fraction of sp³-hybridized carbons (Fsp3) is 0. The number of anilines is 1. The highest BCUT2D eigenvalue weighted by Crippen LogP contribution is 2.23. The third-order valence-corrected chi connectivity index (χ3v) is 3.96. The topological polar surface area (TPSA) is 42.0 Å². The van der Waals surface area contributed by atoms with Crippen LogP contribution in [-0.2, 0) is 0 Å². The highest BCUT2D eigenvalue weighted by Gasteiger charge is 2.10. The molecule has 0 saturated carbocycles. The van der Waals surface area contributed by atoms with Gasteiger partial charge in [-0.3, -0.25) is 4.79 Å². The molecule has 0 bridgehead atoms. The maximum atomic E-state index is 11.8. The summed E-state index contributed by atoms with van der Waals surface area (Å²) in [5.74, 6) is 0.358. The number of carbonyl (C=O) groups is 1. The average Bonchev–Trinajstić information content (AvgIpc) is 2.68. The smallest absolute Gasteiger partial charge is 0.257 e. The molecule has 2 rings (SSSR count). The van der Waals surface area contributed by atoms with Crippen LogP contribution in [0.5, 0.6) is 0 Å². The first-order valence-electron chi connectivity index (χ1n) is 4.33. The van der Waals surface area contributed by atoms with Gasteiger partial charge in [0, 0.05) is 11.6 Å². The molecule has 1 amide bonds. The zero-order valence-corrected chi connectivity index (χ0v) is 11.9. The maximum Gasteiger partial charge on any atom is 0.257 e. The number of aromatic nitrogens is 1. The largest absolute Gasteiger partial charge is 0.306 e. The van der Waals surface area contributed by atoms with Gasteiger partial charge in [-0.25, -0.2) is 4.98 Å². The van der Waals surface area contributed by atoms with Gasteiger partial charge in [0.25, 0.3) is 5.91 Å². The minimum atomic E-state index is -0.165. The summed E-state index contributed by atoms with van der Waals surface area (Å²) < 4.78 is 1.69. The summed E-state index contributed by atoms with van der Waals surface area (Å²) in [7, 11) is 0. The summed E-state index contributed by atoms with van der Waals surface area (Å²) in [6.45, 7) is 0. The number of thiophene rings is 1. The Morgan fingerprint density at radius 1 is 1.44 bits per heavy atom. The van der Waals surface area contributed by atoms with Crippen molar-refractivity contribution in [1.82, 2.24) is 4.98 Å². The Morgan fingerprint density at radius 3 is 2.88 bits per heavy atom. The van der Waals surface area contributed by atoms with Crippen LogP contribution >= 0.6 is 43.2 Å². The summed E-state index contributed by atoms with van der Waals surface area (Å²) in [5.41, 5.74) is 0.620. The van der Waals surface area contributed by atoms with Crippen LogP contribution in [0.25, 0.3) is 0 Å². The van der Waals surface area contributed by atoms with Gasteiger partial charge in [0.1, 0.15) is 5.82 Å². The fourth-order valence-corrected chi connectivity index (χ4v) is 2.58. The van der Waals surface area contributed by atoms with Gasteiger partial charge in [0.05, 0.1) is 13.8 Å². The monoisotopic (exact) mass is 360 g/mol. The van der Waals surface area contributed by atoms with E-state index in [1.807, 2.05) is 6.07 Å². The lowest BCUT2D eigenvalue weighted by Gasteiger charge is -2.03. The molecule has 1 N–H and O–H groups in total. The van der Waals surface area contributed by atoms with E-state index in [9.17, 15) is 4.79 Å².